The highest BCUT2D eigenvalue weighted by Crippen LogP contribution is 1.63. The molecule has 0 aromatic rings. The molecule has 0 aliphatic carbocycles. The smallest absolute Gasteiger partial charge is 0.167 e. The highest BCUT2D eigenvalue weighted by Gasteiger charge is 1.88. The predicted octanol–water partition coefficient (Wildman–Crippen LogP) is -0.216. The summed E-state index contributed by atoms with van der Waals surface area (Å²) < 4.78 is 15.9. The Balaban J connectivity index is 3.06. The molecule has 3 nitrogen and oxygen atoms in total. The molecule has 0 saturated carbocycles. The van der Waals surface area contributed by atoms with Gasteiger partial charge in [-0.2, -0.15) is 0 Å². The topological polar surface area (TPSA) is 41.1 Å². The molecule has 2 N–H and O–H groups in total. The Morgan fingerprint density at radius 1 is 1.25 bits per heavy atom. The Bertz CT molecular complexity index is 68.4. The average molecular weight is 136 g/mol. The summed E-state index contributed by atoms with van der Waals surface area (Å²) in [7, 11) is 0. The zero-order chi connectivity index (χ0) is 6.41. The van der Waals surface area contributed by atoms with Crippen LogP contribution in [0.1, 0.15) is 13.8 Å². The van der Waals surface area contributed by atoms with Crippen LogP contribution in [0.5, 0.6) is 0 Å². The van der Waals surface area contributed by atoms with Crippen molar-refractivity contribution < 1.29 is 4.21 Å². The van der Waals surface area contributed by atoms with Gasteiger partial charge >= 0.3 is 0 Å². The van der Waals surface area contributed by atoms with Crippen LogP contribution in [0.3, 0.4) is 0 Å². The first-order chi connectivity index (χ1) is 3.81. The molecule has 0 aliphatic rings. The molecule has 0 atom stereocenters. The maximum Gasteiger partial charge on any atom is 0.167 e. The lowest BCUT2D eigenvalue weighted by Gasteiger charge is -1.98. The van der Waals surface area contributed by atoms with Crippen LogP contribution in [0.25, 0.3) is 0 Å². The minimum absolute atomic E-state index is 0.736. The SMILES string of the molecule is CCNS(=O)NCC. The number of hydrogen-bond donors (Lipinski definition) is 2. The van der Waals surface area contributed by atoms with Crippen LogP contribution in [0.15, 0.2) is 0 Å². The molecule has 0 fully saturated rings. The lowest BCUT2D eigenvalue weighted by atomic mass is 10.8. The first-order valence-corrected chi connectivity index (χ1v) is 3.85. The van der Waals surface area contributed by atoms with Gasteiger partial charge in [-0.1, -0.05) is 13.8 Å². The first-order valence-electron chi connectivity index (χ1n) is 2.70. The second kappa shape index (κ2) is 5.21. The van der Waals surface area contributed by atoms with Crippen LogP contribution in [0, 0.1) is 0 Å². The zero-order valence-corrected chi connectivity index (χ0v) is 6.05. The quantitative estimate of drug-likeness (QED) is 0.551. The van der Waals surface area contributed by atoms with Crippen molar-refractivity contribution in [1.29, 1.82) is 0 Å². The predicted molar refractivity (Wildman–Crippen MR) is 35.5 cm³/mol. The lowest BCUT2D eigenvalue weighted by Crippen LogP contribution is -2.29. The fourth-order valence-electron chi connectivity index (χ4n) is 0.313. The number of rotatable bonds is 4. The molecule has 0 rings (SSSR count). The van der Waals surface area contributed by atoms with Crippen molar-refractivity contribution in [2.24, 2.45) is 0 Å². The van der Waals surface area contributed by atoms with Gasteiger partial charge in [-0.25, -0.2) is 13.7 Å². The van der Waals surface area contributed by atoms with Crippen molar-refractivity contribution in [3.63, 3.8) is 0 Å². The minimum atomic E-state index is -1.02. The van der Waals surface area contributed by atoms with Crippen molar-refractivity contribution >= 4 is 11.2 Å². The highest BCUT2D eigenvalue weighted by molar-refractivity contribution is 7.81. The van der Waals surface area contributed by atoms with Crippen LogP contribution in [0.4, 0.5) is 0 Å². The summed E-state index contributed by atoms with van der Waals surface area (Å²) in [6, 6.07) is 0. The van der Waals surface area contributed by atoms with E-state index in [0.29, 0.717) is 0 Å². The zero-order valence-electron chi connectivity index (χ0n) is 5.23. The Labute approximate surface area is 52.6 Å². The maximum atomic E-state index is 10.5. The second-order valence-electron chi connectivity index (χ2n) is 1.26. The van der Waals surface area contributed by atoms with E-state index in [0.717, 1.165) is 13.1 Å². The van der Waals surface area contributed by atoms with Gasteiger partial charge in [0.1, 0.15) is 0 Å². The van der Waals surface area contributed by atoms with Crippen molar-refractivity contribution in [3.8, 4) is 0 Å². The Morgan fingerprint density at radius 3 is 1.88 bits per heavy atom. The molecule has 4 heteroatoms. The average Bonchev–Trinajstić information content (AvgIpc) is 1.68. The Morgan fingerprint density at radius 2 is 1.62 bits per heavy atom. The van der Waals surface area contributed by atoms with Crippen molar-refractivity contribution in [2.75, 3.05) is 13.1 Å². The summed E-state index contributed by atoms with van der Waals surface area (Å²) in [6.07, 6.45) is 0. The summed E-state index contributed by atoms with van der Waals surface area (Å²) in [6.45, 7) is 5.30. The third-order valence-corrected chi connectivity index (χ3v) is 1.65. The Hall–Kier alpha value is 0.0700. The van der Waals surface area contributed by atoms with Crippen molar-refractivity contribution in [3.05, 3.63) is 0 Å². The lowest BCUT2D eigenvalue weighted by molar-refractivity contribution is 0.664. The molecular weight excluding hydrogens is 124 g/mol. The van der Waals surface area contributed by atoms with Gasteiger partial charge in [-0.05, 0) is 0 Å². The first kappa shape index (κ1) is 8.07. The molecule has 0 amide bonds. The molecule has 50 valence electrons. The largest absolute Gasteiger partial charge is 0.225 e. The van der Waals surface area contributed by atoms with Gasteiger partial charge in [-0.3, -0.25) is 0 Å². The van der Waals surface area contributed by atoms with E-state index in [4.69, 9.17) is 0 Å². The van der Waals surface area contributed by atoms with Crippen LogP contribution in [-0.2, 0) is 11.2 Å². The van der Waals surface area contributed by atoms with Gasteiger partial charge in [0.05, 0.1) is 0 Å². The van der Waals surface area contributed by atoms with Gasteiger partial charge < -0.3 is 0 Å². The van der Waals surface area contributed by atoms with E-state index in [-0.39, 0.29) is 0 Å². The van der Waals surface area contributed by atoms with Crippen LogP contribution < -0.4 is 9.44 Å². The van der Waals surface area contributed by atoms with E-state index in [1.54, 1.807) is 0 Å². The fourth-order valence-corrected chi connectivity index (χ4v) is 0.940. The fraction of sp³-hybridized carbons (Fsp3) is 1.00. The van der Waals surface area contributed by atoms with E-state index < -0.39 is 11.2 Å². The third kappa shape index (κ3) is 4.23. The third-order valence-electron chi connectivity index (χ3n) is 0.551. The summed E-state index contributed by atoms with van der Waals surface area (Å²) in [5.74, 6) is 0. The minimum Gasteiger partial charge on any atom is -0.225 e. The highest BCUT2D eigenvalue weighted by atomic mass is 32.2. The summed E-state index contributed by atoms with van der Waals surface area (Å²) in [4.78, 5) is 0. The van der Waals surface area contributed by atoms with E-state index in [1.165, 1.54) is 0 Å². The molecule has 8 heavy (non-hydrogen) atoms. The van der Waals surface area contributed by atoms with Gasteiger partial charge in [0, 0.05) is 13.1 Å². The van der Waals surface area contributed by atoms with E-state index in [2.05, 4.69) is 9.44 Å². The van der Waals surface area contributed by atoms with Gasteiger partial charge in [-0.15, -0.1) is 0 Å². The molecule has 0 aromatic carbocycles. The van der Waals surface area contributed by atoms with E-state index in [1.807, 2.05) is 13.8 Å². The standard InChI is InChI=1S/C4H12N2OS/c1-3-5-8(7)6-4-2/h5-6H,3-4H2,1-2H3. The number of hydrogen-bond acceptors (Lipinski definition) is 1. The van der Waals surface area contributed by atoms with Crippen LogP contribution in [0.2, 0.25) is 0 Å². The summed E-state index contributed by atoms with van der Waals surface area (Å²) >= 11 is -1.02. The number of nitrogens with one attached hydrogen (secondary N) is 2. The van der Waals surface area contributed by atoms with Gasteiger partial charge in [0.15, 0.2) is 11.2 Å². The van der Waals surface area contributed by atoms with Crippen molar-refractivity contribution in [2.45, 2.75) is 13.8 Å². The molecule has 0 saturated heterocycles. The van der Waals surface area contributed by atoms with Crippen LogP contribution in [-0.4, -0.2) is 17.3 Å². The van der Waals surface area contributed by atoms with Gasteiger partial charge in [0.25, 0.3) is 0 Å². The monoisotopic (exact) mass is 136 g/mol. The molecule has 0 spiro atoms. The molecule has 0 radical (unpaired) electrons. The Kier molecular flexibility index (Phi) is 5.26. The molecule has 0 heterocycles. The van der Waals surface area contributed by atoms with Crippen molar-refractivity contribution in [1.82, 2.24) is 9.44 Å². The van der Waals surface area contributed by atoms with Crippen LogP contribution >= 0.6 is 0 Å². The normalized spacial score (nSPS) is 10.4. The molecule has 0 aliphatic heterocycles. The molecule has 0 bridgehead atoms. The molecule has 0 unspecified atom stereocenters. The van der Waals surface area contributed by atoms with Gasteiger partial charge in [0.2, 0.25) is 0 Å². The maximum absolute atomic E-state index is 10.5. The summed E-state index contributed by atoms with van der Waals surface area (Å²) in [5.41, 5.74) is 0. The second-order valence-corrected chi connectivity index (χ2v) is 2.38. The molecular formula is C4H12N2OS. The summed E-state index contributed by atoms with van der Waals surface area (Å²) in [5, 5.41) is 0. The van der Waals surface area contributed by atoms with E-state index in [9.17, 15) is 4.21 Å². The molecule has 0 aromatic heterocycles. The van der Waals surface area contributed by atoms with E-state index >= 15 is 0 Å².